The number of likely N-dealkylation sites (tertiary alicyclic amines) is 1. The molecule has 1 aliphatic heterocycles. The molecule has 2 atom stereocenters. The molecule has 1 heterocycles. The Morgan fingerprint density at radius 3 is 2.50 bits per heavy atom. The van der Waals surface area contributed by atoms with Crippen LogP contribution in [0.4, 0.5) is 4.79 Å². The SMILES string of the molecule is CCCCCCCCNC(=O)N1CCC(C)C1C(=O)O. The number of rotatable bonds is 8. The molecule has 2 amide bonds. The number of nitrogens with one attached hydrogen (secondary N) is 1. The molecule has 0 aliphatic carbocycles. The topological polar surface area (TPSA) is 69.6 Å². The predicted molar refractivity (Wildman–Crippen MR) is 78.7 cm³/mol. The fourth-order valence-electron chi connectivity index (χ4n) is 2.75. The molecular weight excluding hydrogens is 256 g/mol. The van der Waals surface area contributed by atoms with Crippen LogP contribution in [0.3, 0.4) is 0 Å². The van der Waals surface area contributed by atoms with Crippen molar-refractivity contribution in [3.8, 4) is 0 Å². The average Bonchev–Trinajstić information content (AvgIpc) is 2.79. The standard InChI is InChI=1S/C15H28N2O3/c1-3-4-5-6-7-8-10-16-15(20)17-11-9-12(2)13(17)14(18)19/h12-13H,3-11H2,1-2H3,(H,16,20)(H,18,19). The second kappa shape index (κ2) is 8.82. The minimum Gasteiger partial charge on any atom is -0.480 e. The molecule has 2 N–H and O–H groups in total. The van der Waals surface area contributed by atoms with Gasteiger partial charge in [-0.3, -0.25) is 0 Å². The van der Waals surface area contributed by atoms with Crippen molar-refractivity contribution in [2.45, 2.75) is 64.8 Å². The molecule has 1 fully saturated rings. The lowest BCUT2D eigenvalue weighted by Gasteiger charge is -2.23. The molecule has 1 rings (SSSR count). The first-order chi connectivity index (χ1) is 9.57. The molecule has 0 aromatic heterocycles. The fourth-order valence-corrected chi connectivity index (χ4v) is 2.75. The predicted octanol–water partition coefficient (Wildman–Crippen LogP) is 2.85. The lowest BCUT2D eigenvalue weighted by Crippen LogP contribution is -2.47. The van der Waals surface area contributed by atoms with Crippen LogP contribution in [0.1, 0.15) is 58.8 Å². The Hall–Kier alpha value is -1.26. The summed E-state index contributed by atoms with van der Waals surface area (Å²) in [5.74, 6) is -0.864. The molecule has 0 saturated carbocycles. The maximum atomic E-state index is 12.0. The van der Waals surface area contributed by atoms with Gasteiger partial charge in [0.25, 0.3) is 0 Å². The van der Waals surface area contributed by atoms with E-state index in [-0.39, 0.29) is 11.9 Å². The van der Waals surface area contributed by atoms with Crippen molar-refractivity contribution in [1.82, 2.24) is 10.2 Å². The second-order valence-corrected chi connectivity index (χ2v) is 5.74. The van der Waals surface area contributed by atoms with Gasteiger partial charge < -0.3 is 15.3 Å². The number of carboxylic acids is 1. The van der Waals surface area contributed by atoms with Crippen LogP contribution in [0, 0.1) is 5.92 Å². The number of hydrogen-bond acceptors (Lipinski definition) is 2. The highest BCUT2D eigenvalue weighted by Crippen LogP contribution is 2.23. The first-order valence-electron chi connectivity index (χ1n) is 7.85. The van der Waals surface area contributed by atoms with Gasteiger partial charge in [-0.05, 0) is 18.8 Å². The van der Waals surface area contributed by atoms with Gasteiger partial charge >= 0.3 is 12.0 Å². The first-order valence-corrected chi connectivity index (χ1v) is 7.85. The van der Waals surface area contributed by atoms with E-state index < -0.39 is 12.0 Å². The summed E-state index contributed by atoms with van der Waals surface area (Å²) in [7, 11) is 0. The molecule has 2 unspecified atom stereocenters. The van der Waals surface area contributed by atoms with Gasteiger partial charge in [0.1, 0.15) is 6.04 Å². The van der Waals surface area contributed by atoms with Gasteiger partial charge in [-0.15, -0.1) is 0 Å². The van der Waals surface area contributed by atoms with Crippen LogP contribution in [0.15, 0.2) is 0 Å². The molecule has 5 nitrogen and oxygen atoms in total. The Balaban J connectivity index is 2.20. The molecule has 0 aromatic carbocycles. The molecular formula is C15H28N2O3. The third kappa shape index (κ3) is 5.02. The minimum atomic E-state index is -0.898. The summed E-state index contributed by atoms with van der Waals surface area (Å²) in [6.45, 7) is 5.26. The highest BCUT2D eigenvalue weighted by molar-refractivity contribution is 5.83. The molecule has 0 radical (unpaired) electrons. The fraction of sp³-hybridized carbons (Fsp3) is 0.867. The van der Waals surface area contributed by atoms with Crippen LogP contribution < -0.4 is 5.32 Å². The number of carboxylic acid groups (broad SMARTS) is 1. The van der Waals surface area contributed by atoms with E-state index in [4.69, 9.17) is 0 Å². The van der Waals surface area contributed by atoms with E-state index in [9.17, 15) is 14.7 Å². The van der Waals surface area contributed by atoms with E-state index in [2.05, 4.69) is 12.2 Å². The number of urea groups is 1. The van der Waals surface area contributed by atoms with Crippen LogP contribution in [0.5, 0.6) is 0 Å². The molecule has 20 heavy (non-hydrogen) atoms. The molecule has 0 bridgehead atoms. The van der Waals surface area contributed by atoms with Crippen molar-refractivity contribution in [2.75, 3.05) is 13.1 Å². The van der Waals surface area contributed by atoms with Gasteiger partial charge in [0.2, 0.25) is 0 Å². The van der Waals surface area contributed by atoms with Crippen LogP contribution in [0.25, 0.3) is 0 Å². The minimum absolute atomic E-state index is 0.0345. The average molecular weight is 284 g/mol. The lowest BCUT2D eigenvalue weighted by molar-refractivity contribution is -0.142. The monoisotopic (exact) mass is 284 g/mol. The summed E-state index contributed by atoms with van der Waals surface area (Å²) < 4.78 is 0. The number of hydrogen-bond donors (Lipinski definition) is 2. The third-order valence-electron chi connectivity index (χ3n) is 4.02. The zero-order valence-corrected chi connectivity index (χ0v) is 12.7. The number of aliphatic carboxylic acids is 1. The zero-order chi connectivity index (χ0) is 15.0. The molecule has 0 spiro atoms. The van der Waals surface area contributed by atoms with Crippen LogP contribution in [-0.2, 0) is 4.79 Å². The molecule has 1 aliphatic rings. The maximum absolute atomic E-state index is 12.0. The van der Waals surface area contributed by atoms with Gasteiger partial charge in [0, 0.05) is 13.1 Å². The second-order valence-electron chi connectivity index (χ2n) is 5.74. The van der Waals surface area contributed by atoms with E-state index in [1.54, 1.807) is 0 Å². The Morgan fingerprint density at radius 2 is 1.85 bits per heavy atom. The number of nitrogens with zero attached hydrogens (tertiary/aromatic N) is 1. The first kappa shape index (κ1) is 16.8. The normalized spacial score (nSPS) is 22.0. The quantitative estimate of drug-likeness (QED) is 0.673. The molecule has 116 valence electrons. The maximum Gasteiger partial charge on any atom is 0.326 e. The Kier molecular flexibility index (Phi) is 7.41. The Morgan fingerprint density at radius 1 is 1.20 bits per heavy atom. The summed E-state index contributed by atoms with van der Waals surface area (Å²) in [4.78, 5) is 24.6. The molecule has 5 heteroatoms. The van der Waals surface area contributed by atoms with E-state index in [0.29, 0.717) is 13.1 Å². The highest BCUT2D eigenvalue weighted by Gasteiger charge is 2.39. The van der Waals surface area contributed by atoms with Gasteiger partial charge in [-0.2, -0.15) is 0 Å². The van der Waals surface area contributed by atoms with Crippen molar-refractivity contribution < 1.29 is 14.7 Å². The zero-order valence-electron chi connectivity index (χ0n) is 12.7. The van der Waals surface area contributed by atoms with Crippen molar-refractivity contribution in [1.29, 1.82) is 0 Å². The third-order valence-corrected chi connectivity index (χ3v) is 4.02. The molecule has 0 aromatic rings. The number of unbranched alkanes of at least 4 members (excludes halogenated alkanes) is 5. The molecule has 1 saturated heterocycles. The summed E-state index contributed by atoms with van der Waals surface area (Å²) in [6, 6.07) is -0.894. The lowest BCUT2D eigenvalue weighted by atomic mass is 10.0. The number of amides is 2. The largest absolute Gasteiger partial charge is 0.480 e. The van der Waals surface area contributed by atoms with Crippen molar-refractivity contribution in [2.24, 2.45) is 5.92 Å². The number of carbonyl (C=O) groups excluding carboxylic acids is 1. The summed E-state index contributed by atoms with van der Waals surface area (Å²) in [5.41, 5.74) is 0. The van der Waals surface area contributed by atoms with Crippen molar-refractivity contribution in [3.05, 3.63) is 0 Å². The summed E-state index contributed by atoms with van der Waals surface area (Å²) >= 11 is 0. The van der Waals surface area contributed by atoms with Gasteiger partial charge in [-0.1, -0.05) is 46.0 Å². The van der Waals surface area contributed by atoms with E-state index >= 15 is 0 Å². The van der Waals surface area contributed by atoms with Crippen molar-refractivity contribution >= 4 is 12.0 Å². The van der Waals surface area contributed by atoms with Gasteiger partial charge in [0.05, 0.1) is 0 Å². The van der Waals surface area contributed by atoms with Gasteiger partial charge in [-0.25, -0.2) is 9.59 Å². The van der Waals surface area contributed by atoms with E-state index in [1.807, 2.05) is 6.92 Å². The van der Waals surface area contributed by atoms with Crippen LogP contribution in [-0.4, -0.2) is 41.1 Å². The van der Waals surface area contributed by atoms with Crippen LogP contribution in [0.2, 0.25) is 0 Å². The highest BCUT2D eigenvalue weighted by atomic mass is 16.4. The summed E-state index contributed by atoms with van der Waals surface area (Å²) in [6.07, 6.45) is 7.84. The van der Waals surface area contributed by atoms with Crippen molar-refractivity contribution in [3.63, 3.8) is 0 Å². The number of carbonyl (C=O) groups is 2. The van der Waals surface area contributed by atoms with E-state index in [1.165, 1.54) is 30.6 Å². The smallest absolute Gasteiger partial charge is 0.326 e. The summed E-state index contributed by atoms with van der Waals surface area (Å²) in [5, 5.41) is 12.0. The Labute approximate surface area is 121 Å². The van der Waals surface area contributed by atoms with E-state index in [0.717, 1.165) is 19.3 Å². The Bertz CT molecular complexity index is 320. The van der Waals surface area contributed by atoms with Gasteiger partial charge in [0.15, 0.2) is 0 Å². The van der Waals surface area contributed by atoms with Crippen LogP contribution >= 0.6 is 0 Å².